The predicted molar refractivity (Wildman–Crippen MR) is 58.6 cm³/mol. The fourth-order valence-corrected chi connectivity index (χ4v) is 1.98. The molecule has 84 valence electrons. The molecule has 0 radical (unpaired) electrons. The highest BCUT2D eigenvalue weighted by Gasteiger charge is 2.13. The maximum atomic E-state index is 5.32. The molecule has 0 aromatic carbocycles. The molecule has 2 heterocycles. The van der Waals surface area contributed by atoms with E-state index in [1.54, 1.807) is 0 Å². The second-order valence-electron chi connectivity index (χ2n) is 4.18. The first-order chi connectivity index (χ1) is 7.25. The maximum absolute atomic E-state index is 5.32. The van der Waals surface area contributed by atoms with Gasteiger partial charge in [-0.2, -0.15) is 5.10 Å². The second-order valence-corrected chi connectivity index (χ2v) is 4.18. The Morgan fingerprint density at radius 1 is 1.53 bits per heavy atom. The van der Waals surface area contributed by atoms with Crippen molar-refractivity contribution in [3.63, 3.8) is 0 Å². The van der Waals surface area contributed by atoms with E-state index in [2.05, 4.69) is 23.5 Å². The number of aromatic nitrogens is 2. The van der Waals surface area contributed by atoms with Crippen LogP contribution in [0.3, 0.4) is 0 Å². The van der Waals surface area contributed by atoms with E-state index in [4.69, 9.17) is 4.74 Å². The van der Waals surface area contributed by atoms with E-state index in [1.807, 2.05) is 11.7 Å². The molecule has 15 heavy (non-hydrogen) atoms. The minimum Gasteiger partial charge on any atom is -0.381 e. The molecule has 0 aliphatic carbocycles. The first kappa shape index (κ1) is 10.6. The van der Waals surface area contributed by atoms with Gasteiger partial charge >= 0.3 is 0 Å². The fraction of sp³-hybridized carbons (Fsp3) is 0.727. The fourth-order valence-electron chi connectivity index (χ4n) is 1.98. The van der Waals surface area contributed by atoms with Crippen molar-refractivity contribution < 1.29 is 4.74 Å². The Balaban J connectivity index is 1.84. The largest absolute Gasteiger partial charge is 0.381 e. The molecule has 0 atom stereocenters. The molecule has 4 nitrogen and oxygen atoms in total. The zero-order valence-corrected chi connectivity index (χ0v) is 9.49. The van der Waals surface area contributed by atoms with Crippen LogP contribution in [-0.2, 0) is 18.3 Å². The average molecular weight is 209 g/mol. The van der Waals surface area contributed by atoms with Crippen LogP contribution >= 0.6 is 0 Å². The summed E-state index contributed by atoms with van der Waals surface area (Å²) in [6.45, 7) is 4.76. The summed E-state index contributed by atoms with van der Waals surface area (Å²) in [6, 6.07) is 0.610. The van der Waals surface area contributed by atoms with Gasteiger partial charge in [-0.15, -0.1) is 0 Å². The summed E-state index contributed by atoms with van der Waals surface area (Å²) in [5.74, 6) is 0. The smallest absolute Gasteiger partial charge is 0.0638 e. The van der Waals surface area contributed by atoms with Crippen LogP contribution in [0.25, 0.3) is 0 Å². The summed E-state index contributed by atoms with van der Waals surface area (Å²) < 4.78 is 7.19. The molecule has 0 amide bonds. The Labute approximate surface area is 90.6 Å². The van der Waals surface area contributed by atoms with Crippen molar-refractivity contribution in [2.45, 2.75) is 32.4 Å². The van der Waals surface area contributed by atoms with E-state index in [1.165, 1.54) is 5.56 Å². The van der Waals surface area contributed by atoms with Gasteiger partial charge in [0, 0.05) is 44.6 Å². The Kier molecular flexibility index (Phi) is 3.38. The minimum absolute atomic E-state index is 0.610. The summed E-state index contributed by atoms with van der Waals surface area (Å²) >= 11 is 0. The van der Waals surface area contributed by atoms with E-state index in [-0.39, 0.29) is 0 Å². The predicted octanol–water partition coefficient (Wildman–Crippen LogP) is 0.997. The first-order valence-electron chi connectivity index (χ1n) is 5.56. The highest BCUT2D eigenvalue weighted by atomic mass is 16.5. The molecule has 4 heteroatoms. The third kappa shape index (κ3) is 2.79. The van der Waals surface area contributed by atoms with E-state index in [0.717, 1.165) is 38.3 Å². The highest BCUT2D eigenvalue weighted by Crippen LogP contribution is 2.09. The quantitative estimate of drug-likeness (QED) is 0.807. The van der Waals surface area contributed by atoms with Crippen molar-refractivity contribution in [1.29, 1.82) is 0 Å². The third-order valence-corrected chi connectivity index (χ3v) is 2.92. The lowest BCUT2D eigenvalue weighted by molar-refractivity contribution is 0.0776. The molecule has 1 aromatic heterocycles. The van der Waals surface area contributed by atoms with Crippen LogP contribution in [0.5, 0.6) is 0 Å². The van der Waals surface area contributed by atoms with Crippen molar-refractivity contribution >= 4 is 0 Å². The van der Waals surface area contributed by atoms with Gasteiger partial charge in [-0.3, -0.25) is 4.68 Å². The number of aryl methyl sites for hydroxylation is 2. The molecule has 0 bridgehead atoms. The SMILES string of the molecule is Cc1nn(C)cc1CNC1CCOCC1. The van der Waals surface area contributed by atoms with Crippen LogP contribution in [0.1, 0.15) is 24.1 Å². The van der Waals surface area contributed by atoms with Gasteiger partial charge in [0.05, 0.1) is 5.69 Å². The topological polar surface area (TPSA) is 39.1 Å². The number of nitrogens with zero attached hydrogens (tertiary/aromatic N) is 2. The van der Waals surface area contributed by atoms with E-state index in [0.29, 0.717) is 6.04 Å². The van der Waals surface area contributed by atoms with Gasteiger partial charge in [-0.05, 0) is 19.8 Å². The second kappa shape index (κ2) is 4.77. The van der Waals surface area contributed by atoms with Crippen LogP contribution in [0.4, 0.5) is 0 Å². The summed E-state index contributed by atoms with van der Waals surface area (Å²) in [5, 5.41) is 7.89. The van der Waals surface area contributed by atoms with Crippen LogP contribution in [0.2, 0.25) is 0 Å². The average Bonchev–Trinajstić information content (AvgIpc) is 2.56. The van der Waals surface area contributed by atoms with Gasteiger partial charge in [0.1, 0.15) is 0 Å². The minimum atomic E-state index is 0.610. The lowest BCUT2D eigenvalue weighted by Gasteiger charge is -2.23. The van der Waals surface area contributed by atoms with Crippen molar-refractivity contribution in [3.05, 3.63) is 17.5 Å². The Morgan fingerprint density at radius 3 is 2.87 bits per heavy atom. The summed E-state index contributed by atoms with van der Waals surface area (Å²) in [7, 11) is 1.96. The zero-order chi connectivity index (χ0) is 10.7. The molecule has 2 rings (SSSR count). The number of nitrogens with one attached hydrogen (secondary N) is 1. The van der Waals surface area contributed by atoms with Crippen molar-refractivity contribution in [1.82, 2.24) is 15.1 Å². The monoisotopic (exact) mass is 209 g/mol. The molecule has 1 N–H and O–H groups in total. The molecule has 0 saturated carbocycles. The van der Waals surface area contributed by atoms with Crippen LogP contribution < -0.4 is 5.32 Å². The van der Waals surface area contributed by atoms with E-state index in [9.17, 15) is 0 Å². The number of rotatable bonds is 3. The lowest BCUT2D eigenvalue weighted by atomic mass is 10.1. The van der Waals surface area contributed by atoms with Gasteiger partial charge in [0.2, 0.25) is 0 Å². The molecular weight excluding hydrogens is 190 g/mol. The van der Waals surface area contributed by atoms with Gasteiger partial charge in [-0.25, -0.2) is 0 Å². The summed E-state index contributed by atoms with van der Waals surface area (Å²) in [6.07, 6.45) is 4.33. The van der Waals surface area contributed by atoms with Gasteiger partial charge in [0.25, 0.3) is 0 Å². The summed E-state index contributed by atoms with van der Waals surface area (Å²) in [5.41, 5.74) is 2.42. The highest BCUT2D eigenvalue weighted by molar-refractivity contribution is 5.14. The van der Waals surface area contributed by atoms with Crippen LogP contribution in [0.15, 0.2) is 6.20 Å². The van der Waals surface area contributed by atoms with Crippen LogP contribution in [-0.4, -0.2) is 29.0 Å². The van der Waals surface area contributed by atoms with E-state index >= 15 is 0 Å². The number of hydrogen-bond acceptors (Lipinski definition) is 3. The Morgan fingerprint density at radius 2 is 2.27 bits per heavy atom. The first-order valence-corrected chi connectivity index (χ1v) is 5.56. The van der Waals surface area contributed by atoms with Gasteiger partial charge in [0.15, 0.2) is 0 Å². The van der Waals surface area contributed by atoms with Gasteiger partial charge < -0.3 is 10.1 Å². The van der Waals surface area contributed by atoms with Crippen molar-refractivity contribution in [2.75, 3.05) is 13.2 Å². The zero-order valence-electron chi connectivity index (χ0n) is 9.49. The normalized spacial score (nSPS) is 18.3. The van der Waals surface area contributed by atoms with Crippen molar-refractivity contribution in [2.24, 2.45) is 7.05 Å². The van der Waals surface area contributed by atoms with E-state index < -0.39 is 0 Å². The third-order valence-electron chi connectivity index (χ3n) is 2.92. The maximum Gasteiger partial charge on any atom is 0.0638 e. The van der Waals surface area contributed by atoms with Crippen LogP contribution in [0, 0.1) is 6.92 Å². The van der Waals surface area contributed by atoms with Crippen molar-refractivity contribution in [3.8, 4) is 0 Å². The molecule has 1 aliphatic heterocycles. The molecule has 1 fully saturated rings. The molecule has 1 aliphatic rings. The Bertz CT molecular complexity index is 316. The molecule has 0 spiro atoms. The lowest BCUT2D eigenvalue weighted by Crippen LogP contribution is -2.34. The Hall–Kier alpha value is -0.870. The summed E-state index contributed by atoms with van der Waals surface area (Å²) in [4.78, 5) is 0. The number of hydrogen-bond donors (Lipinski definition) is 1. The molecule has 0 unspecified atom stereocenters. The van der Waals surface area contributed by atoms with Gasteiger partial charge in [-0.1, -0.05) is 0 Å². The molecule has 1 saturated heterocycles. The molecule has 1 aromatic rings. The molecular formula is C11H19N3O. The number of ether oxygens (including phenoxy) is 1. The standard InChI is InChI=1S/C11H19N3O/c1-9-10(8-14(2)13-9)7-12-11-3-5-15-6-4-11/h8,11-12H,3-7H2,1-2H3.